The predicted octanol–water partition coefficient (Wildman–Crippen LogP) is 2.43. The molecule has 0 aliphatic rings. The summed E-state index contributed by atoms with van der Waals surface area (Å²) in [4.78, 5) is 10.8. The zero-order chi connectivity index (χ0) is 12.2. The van der Waals surface area contributed by atoms with Crippen molar-refractivity contribution in [3.05, 3.63) is 35.6 Å². The van der Waals surface area contributed by atoms with Crippen molar-refractivity contribution in [3.8, 4) is 0 Å². The van der Waals surface area contributed by atoms with E-state index in [2.05, 4.69) is 21.2 Å². The molecular weight excluding hydrogens is 287 g/mol. The first-order valence-corrected chi connectivity index (χ1v) is 5.54. The summed E-state index contributed by atoms with van der Waals surface area (Å²) in [7, 11) is 0. The quantitative estimate of drug-likeness (QED) is 0.850. The fraction of sp³-hybridized carbons (Fsp3) is 0.300. The van der Waals surface area contributed by atoms with Crippen molar-refractivity contribution < 1.29 is 18.0 Å². The highest BCUT2D eigenvalue weighted by molar-refractivity contribution is 9.09. The molecule has 2 nitrogen and oxygen atoms in total. The molecule has 6 heteroatoms. The number of carbonyl (C=O) groups excluding carboxylic acids is 1. The number of alkyl halides is 3. The number of carbonyl (C=O) groups is 1. The van der Waals surface area contributed by atoms with Crippen LogP contribution in [0.5, 0.6) is 0 Å². The van der Waals surface area contributed by atoms with Gasteiger partial charge in [-0.2, -0.15) is 8.78 Å². The summed E-state index contributed by atoms with van der Waals surface area (Å²) < 4.78 is 39.4. The summed E-state index contributed by atoms with van der Waals surface area (Å²) in [6, 6.07) is 3.90. The molecule has 0 aliphatic heterocycles. The Morgan fingerprint density at radius 3 is 2.38 bits per heavy atom. The molecule has 0 saturated carbocycles. The number of rotatable bonds is 4. The second-order valence-corrected chi connectivity index (χ2v) is 3.68. The molecule has 0 aromatic heterocycles. The molecule has 1 aromatic carbocycles. The Morgan fingerprint density at radius 1 is 1.31 bits per heavy atom. The van der Waals surface area contributed by atoms with E-state index in [1.165, 1.54) is 0 Å². The molecule has 0 radical (unpaired) electrons. The highest BCUT2D eigenvalue weighted by Crippen LogP contribution is 2.26. The van der Waals surface area contributed by atoms with Gasteiger partial charge < -0.3 is 5.32 Å². The Kier molecular flexibility index (Phi) is 4.35. The van der Waals surface area contributed by atoms with Gasteiger partial charge in [0.1, 0.15) is 5.82 Å². The number of halogens is 4. The van der Waals surface area contributed by atoms with E-state index >= 15 is 0 Å². The topological polar surface area (TPSA) is 29.1 Å². The summed E-state index contributed by atoms with van der Waals surface area (Å²) in [6.07, 6.45) is 0. The van der Waals surface area contributed by atoms with Crippen molar-refractivity contribution >= 4 is 21.8 Å². The van der Waals surface area contributed by atoms with Crippen molar-refractivity contribution in [1.82, 2.24) is 5.32 Å². The van der Waals surface area contributed by atoms with Gasteiger partial charge in [-0.05, 0) is 12.1 Å². The van der Waals surface area contributed by atoms with E-state index in [1.807, 2.05) is 0 Å². The first-order chi connectivity index (χ1) is 7.45. The highest BCUT2D eigenvalue weighted by atomic mass is 79.9. The van der Waals surface area contributed by atoms with Crippen LogP contribution in [-0.4, -0.2) is 17.8 Å². The van der Waals surface area contributed by atoms with Crippen molar-refractivity contribution in [2.24, 2.45) is 0 Å². The molecule has 16 heavy (non-hydrogen) atoms. The van der Waals surface area contributed by atoms with Gasteiger partial charge in [-0.3, -0.25) is 4.79 Å². The minimum absolute atomic E-state index is 0.0352. The van der Waals surface area contributed by atoms with Gasteiger partial charge in [0.15, 0.2) is 0 Å². The van der Waals surface area contributed by atoms with Crippen LogP contribution in [0.15, 0.2) is 24.3 Å². The van der Waals surface area contributed by atoms with Crippen LogP contribution in [0.4, 0.5) is 13.2 Å². The Labute approximate surface area is 99.0 Å². The number of benzene rings is 1. The number of nitrogens with one attached hydrogen (secondary N) is 1. The summed E-state index contributed by atoms with van der Waals surface area (Å²) >= 11 is 2.84. The molecule has 1 N–H and O–H groups in total. The molecule has 0 spiro atoms. The lowest BCUT2D eigenvalue weighted by atomic mass is 10.1. The first-order valence-electron chi connectivity index (χ1n) is 4.42. The summed E-state index contributed by atoms with van der Waals surface area (Å²) in [5.74, 6) is -4.31. The van der Waals surface area contributed by atoms with E-state index in [9.17, 15) is 18.0 Å². The normalized spacial score (nSPS) is 11.2. The van der Waals surface area contributed by atoms with E-state index in [1.54, 1.807) is 0 Å². The maximum Gasteiger partial charge on any atom is 0.290 e. The lowest BCUT2D eigenvalue weighted by molar-refractivity contribution is -0.120. The third kappa shape index (κ3) is 3.52. The molecule has 0 heterocycles. The molecular formula is C10H9BrF3NO. The Morgan fingerprint density at radius 2 is 1.88 bits per heavy atom. The lowest BCUT2D eigenvalue weighted by Gasteiger charge is -2.17. The van der Waals surface area contributed by atoms with Crippen LogP contribution in [0.2, 0.25) is 0 Å². The van der Waals surface area contributed by atoms with Crippen LogP contribution in [0.25, 0.3) is 0 Å². The molecule has 0 atom stereocenters. The van der Waals surface area contributed by atoms with Crippen LogP contribution in [0.3, 0.4) is 0 Å². The molecule has 1 aromatic rings. The third-order valence-corrected chi connectivity index (χ3v) is 2.40. The highest BCUT2D eigenvalue weighted by Gasteiger charge is 2.31. The van der Waals surface area contributed by atoms with E-state index in [0.29, 0.717) is 0 Å². The zero-order valence-electron chi connectivity index (χ0n) is 8.14. The summed E-state index contributed by atoms with van der Waals surface area (Å²) in [5, 5.41) is 2.02. The van der Waals surface area contributed by atoms with E-state index in [0.717, 1.165) is 24.3 Å². The van der Waals surface area contributed by atoms with Gasteiger partial charge in [-0.25, -0.2) is 4.39 Å². The molecule has 0 fully saturated rings. The van der Waals surface area contributed by atoms with Crippen LogP contribution in [0.1, 0.15) is 5.56 Å². The Bertz CT molecular complexity index is 367. The largest absolute Gasteiger partial charge is 0.349 e. The molecule has 0 unspecified atom stereocenters. The third-order valence-electron chi connectivity index (χ3n) is 1.90. The zero-order valence-corrected chi connectivity index (χ0v) is 9.73. The molecule has 0 saturated heterocycles. The minimum atomic E-state index is -3.20. The maximum atomic E-state index is 13.4. The van der Waals surface area contributed by atoms with E-state index in [4.69, 9.17) is 0 Å². The van der Waals surface area contributed by atoms with Crippen LogP contribution in [0, 0.1) is 5.82 Å². The van der Waals surface area contributed by atoms with Crippen molar-refractivity contribution in [3.63, 3.8) is 0 Å². The fourth-order valence-electron chi connectivity index (χ4n) is 1.05. The van der Waals surface area contributed by atoms with E-state index in [-0.39, 0.29) is 10.9 Å². The summed E-state index contributed by atoms with van der Waals surface area (Å²) in [6.45, 7) is -0.803. The van der Waals surface area contributed by atoms with Gasteiger partial charge in [0.25, 0.3) is 5.92 Å². The minimum Gasteiger partial charge on any atom is -0.349 e. The standard InChI is InChI=1S/C10H9BrF3NO/c11-5-9(16)15-6-10(13,14)7-1-3-8(12)4-2-7/h1-4H,5-6H2,(H,15,16). The van der Waals surface area contributed by atoms with Crippen LogP contribution < -0.4 is 5.32 Å². The predicted molar refractivity (Wildman–Crippen MR) is 57.1 cm³/mol. The number of hydrogen-bond donors (Lipinski definition) is 1. The van der Waals surface area contributed by atoms with Gasteiger partial charge in [-0.1, -0.05) is 28.1 Å². The summed E-state index contributed by atoms with van der Waals surface area (Å²) in [5.41, 5.74) is -0.330. The van der Waals surface area contributed by atoms with Crippen LogP contribution >= 0.6 is 15.9 Å². The molecule has 88 valence electrons. The molecule has 0 bridgehead atoms. The number of amides is 1. The van der Waals surface area contributed by atoms with Gasteiger partial charge >= 0.3 is 0 Å². The van der Waals surface area contributed by atoms with Crippen molar-refractivity contribution in [2.75, 3.05) is 11.9 Å². The van der Waals surface area contributed by atoms with Gasteiger partial charge in [0, 0.05) is 5.56 Å². The fourth-order valence-corrected chi connectivity index (χ4v) is 1.25. The second kappa shape index (κ2) is 5.34. The maximum absolute atomic E-state index is 13.4. The van der Waals surface area contributed by atoms with Crippen molar-refractivity contribution in [1.29, 1.82) is 0 Å². The monoisotopic (exact) mass is 295 g/mol. The van der Waals surface area contributed by atoms with E-state index < -0.39 is 24.2 Å². The number of hydrogen-bond acceptors (Lipinski definition) is 1. The van der Waals surface area contributed by atoms with Gasteiger partial charge in [-0.15, -0.1) is 0 Å². The first kappa shape index (κ1) is 13.0. The molecule has 1 rings (SSSR count). The average Bonchev–Trinajstić information content (AvgIpc) is 2.26. The molecule has 1 amide bonds. The molecule has 0 aliphatic carbocycles. The average molecular weight is 296 g/mol. The van der Waals surface area contributed by atoms with Gasteiger partial charge in [0.05, 0.1) is 11.9 Å². The SMILES string of the molecule is O=C(CBr)NCC(F)(F)c1ccc(F)cc1. The van der Waals surface area contributed by atoms with Crippen molar-refractivity contribution in [2.45, 2.75) is 5.92 Å². The second-order valence-electron chi connectivity index (χ2n) is 3.12. The smallest absolute Gasteiger partial charge is 0.290 e. The Hall–Kier alpha value is -1.04. The Balaban J connectivity index is 2.69. The lowest BCUT2D eigenvalue weighted by Crippen LogP contribution is -2.35. The van der Waals surface area contributed by atoms with Crippen LogP contribution in [-0.2, 0) is 10.7 Å². The van der Waals surface area contributed by atoms with Gasteiger partial charge in [0.2, 0.25) is 5.91 Å².